The zero-order chi connectivity index (χ0) is 13.3. The maximum atomic E-state index is 11.3. The van der Waals surface area contributed by atoms with E-state index in [0.717, 1.165) is 14.9 Å². The third kappa shape index (κ3) is 2.35. The molecular weight excluding hydrogens is 343 g/mol. The van der Waals surface area contributed by atoms with Crippen LogP contribution < -0.4 is 4.90 Å². The molecule has 0 saturated heterocycles. The minimum absolute atomic E-state index is 0.272. The number of hydrogen-bond donors (Lipinski definition) is 1. The van der Waals surface area contributed by atoms with E-state index in [-0.39, 0.29) is 5.69 Å². The number of aromatic nitrogens is 1. The first-order valence-corrected chi connectivity index (χ1v) is 6.46. The van der Waals surface area contributed by atoms with Crippen LogP contribution in [-0.4, -0.2) is 29.7 Å². The Morgan fingerprint density at radius 1 is 1.33 bits per heavy atom. The van der Waals surface area contributed by atoms with Crippen LogP contribution in [0.1, 0.15) is 10.5 Å². The number of aromatic carboxylic acids is 1. The summed E-state index contributed by atoms with van der Waals surface area (Å²) in [7, 11) is 3.88. The normalized spacial score (nSPS) is 10.4. The molecule has 1 aromatic heterocycles. The predicted molar refractivity (Wildman–Crippen MR) is 79.8 cm³/mol. The Kier molecular flexibility index (Phi) is 3.60. The number of carboxylic acid groups (broad SMARTS) is 1. The minimum atomic E-state index is -0.925. The van der Waals surface area contributed by atoms with Crippen LogP contribution in [0.4, 0.5) is 5.69 Å². The van der Waals surface area contributed by atoms with Gasteiger partial charge >= 0.3 is 5.97 Å². The van der Waals surface area contributed by atoms with Crippen LogP contribution in [0.15, 0.2) is 36.5 Å². The highest BCUT2D eigenvalue weighted by Crippen LogP contribution is 2.25. The Bertz CT molecular complexity index is 590. The van der Waals surface area contributed by atoms with Crippen LogP contribution in [0.5, 0.6) is 0 Å². The summed E-state index contributed by atoms with van der Waals surface area (Å²) < 4.78 is 2.61. The van der Waals surface area contributed by atoms with Crippen LogP contribution in [0.25, 0.3) is 5.69 Å². The van der Waals surface area contributed by atoms with Crippen LogP contribution in [0.3, 0.4) is 0 Å². The predicted octanol–water partition coefficient (Wildman–Crippen LogP) is 2.85. The largest absolute Gasteiger partial charge is 0.477 e. The summed E-state index contributed by atoms with van der Waals surface area (Å²) in [5, 5.41) is 9.23. The molecule has 0 aliphatic rings. The van der Waals surface area contributed by atoms with E-state index in [9.17, 15) is 9.90 Å². The first kappa shape index (κ1) is 12.9. The standard InChI is InChI=1S/C13H13IN2O2/c1-15(2)10-5-3-4-6-11(10)16-8-9(14)7-12(16)13(17)18/h3-8H,1-2H3,(H,17,18). The average Bonchev–Trinajstić information content (AvgIpc) is 2.71. The molecule has 18 heavy (non-hydrogen) atoms. The highest BCUT2D eigenvalue weighted by Gasteiger charge is 2.15. The van der Waals surface area contributed by atoms with Crippen LogP contribution in [-0.2, 0) is 0 Å². The monoisotopic (exact) mass is 356 g/mol. The first-order chi connectivity index (χ1) is 8.50. The van der Waals surface area contributed by atoms with Gasteiger partial charge in [0.1, 0.15) is 5.69 Å². The van der Waals surface area contributed by atoms with Crippen molar-refractivity contribution in [2.24, 2.45) is 0 Å². The molecule has 5 heteroatoms. The summed E-state index contributed by atoms with van der Waals surface area (Å²) in [6.45, 7) is 0. The van der Waals surface area contributed by atoms with Crippen LogP contribution in [0, 0.1) is 3.57 Å². The van der Waals surface area contributed by atoms with Gasteiger partial charge in [0.2, 0.25) is 0 Å². The molecule has 0 unspecified atom stereocenters. The van der Waals surface area contributed by atoms with Gasteiger partial charge in [0.05, 0.1) is 11.4 Å². The van der Waals surface area contributed by atoms with E-state index in [0.29, 0.717) is 0 Å². The van der Waals surface area contributed by atoms with E-state index in [2.05, 4.69) is 22.6 Å². The Morgan fingerprint density at radius 2 is 2.00 bits per heavy atom. The molecule has 2 aromatic rings. The first-order valence-electron chi connectivity index (χ1n) is 5.38. The number of rotatable bonds is 3. The highest BCUT2D eigenvalue weighted by molar-refractivity contribution is 14.1. The van der Waals surface area contributed by atoms with Gasteiger partial charge in [-0.1, -0.05) is 12.1 Å². The zero-order valence-electron chi connectivity index (χ0n) is 10.1. The number of carboxylic acids is 1. The number of para-hydroxylation sites is 2. The highest BCUT2D eigenvalue weighted by atomic mass is 127. The molecule has 94 valence electrons. The lowest BCUT2D eigenvalue weighted by Gasteiger charge is -2.18. The van der Waals surface area contributed by atoms with Crippen LogP contribution >= 0.6 is 22.6 Å². The van der Waals surface area contributed by atoms with E-state index in [1.165, 1.54) is 0 Å². The maximum Gasteiger partial charge on any atom is 0.352 e. The van der Waals surface area contributed by atoms with Gasteiger partial charge in [0, 0.05) is 23.9 Å². The van der Waals surface area contributed by atoms with Gasteiger partial charge < -0.3 is 14.6 Å². The fourth-order valence-corrected chi connectivity index (χ4v) is 2.41. The summed E-state index contributed by atoms with van der Waals surface area (Å²) in [5.41, 5.74) is 2.11. The summed E-state index contributed by atoms with van der Waals surface area (Å²) in [4.78, 5) is 13.2. The van der Waals surface area contributed by atoms with Crippen LogP contribution in [0.2, 0.25) is 0 Å². The fraction of sp³-hybridized carbons (Fsp3) is 0.154. The topological polar surface area (TPSA) is 45.5 Å². The van der Waals surface area contributed by atoms with Crippen molar-refractivity contribution in [1.82, 2.24) is 4.57 Å². The smallest absolute Gasteiger partial charge is 0.352 e. The van der Waals surface area contributed by atoms with Crippen molar-refractivity contribution in [2.45, 2.75) is 0 Å². The van der Waals surface area contributed by atoms with Crippen molar-refractivity contribution in [3.63, 3.8) is 0 Å². The van der Waals surface area contributed by atoms with Crippen molar-refractivity contribution >= 4 is 34.2 Å². The number of anilines is 1. The second-order valence-electron chi connectivity index (χ2n) is 4.10. The number of halogens is 1. The molecule has 1 heterocycles. The van der Waals surface area contributed by atoms with Gasteiger partial charge in [0.15, 0.2) is 0 Å². The molecule has 1 N–H and O–H groups in total. The molecule has 0 atom stereocenters. The number of benzene rings is 1. The fourth-order valence-electron chi connectivity index (χ4n) is 1.84. The average molecular weight is 356 g/mol. The summed E-state index contributed by atoms with van der Waals surface area (Å²) in [6.07, 6.45) is 1.83. The lowest BCUT2D eigenvalue weighted by atomic mass is 10.2. The van der Waals surface area contributed by atoms with Crippen molar-refractivity contribution in [3.05, 3.63) is 45.8 Å². The molecule has 1 aromatic carbocycles. The Morgan fingerprint density at radius 3 is 2.61 bits per heavy atom. The molecule has 0 aliphatic heterocycles. The molecule has 4 nitrogen and oxygen atoms in total. The molecule has 0 saturated carbocycles. The Labute approximate surface area is 119 Å². The molecule has 0 amide bonds. The van der Waals surface area contributed by atoms with Gasteiger partial charge in [-0.2, -0.15) is 0 Å². The van der Waals surface area contributed by atoms with Gasteiger partial charge in [-0.05, 0) is 40.8 Å². The van der Waals surface area contributed by atoms with Crippen molar-refractivity contribution < 1.29 is 9.90 Å². The SMILES string of the molecule is CN(C)c1ccccc1-n1cc(I)cc1C(=O)O. The van der Waals surface area contributed by atoms with Crippen molar-refractivity contribution in [3.8, 4) is 5.69 Å². The summed E-state index contributed by atoms with van der Waals surface area (Å²) in [5.74, 6) is -0.925. The third-order valence-corrected chi connectivity index (χ3v) is 3.22. The van der Waals surface area contributed by atoms with Crippen molar-refractivity contribution in [2.75, 3.05) is 19.0 Å². The second kappa shape index (κ2) is 5.01. The maximum absolute atomic E-state index is 11.3. The quantitative estimate of drug-likeness (QED) is 0.861. The van der Waals surface area contributed by atoms with E-state index >= 15 is 0 Å². The summed E-state index contributed by atoms with van der Waals surface area (Å²) in [6, 6.07) is 9.38. The minimum Gasteiger partial charge on any atom is -0.477 e. The third-order valence-electron chi connectivity index (χ3n) is 2.63. The van der Waals surface area contributed by atoms with E-state index in [4.69, 9.17) is 0 Å². The molecule has 2 rings (SSSR count). The number of carbonyl (C=O) groups is 1. The number of hydrogen-bond acceptors (Lipinski definition) is 2. The molecule has 0 spiro atoms. The van der Waals surface area contributed by atoms with E-state index in [1.54, 1.807) is 10.6 Å². The molecule has 0 radical (unpaired) electrons. The molecule has 0 bridgehead atoms. The van der Waals surface area contributed by atoms with Gasteiger partial charge in [-0.15, -0.1) is 0 Å². The van der Waals surface area contributed by atoms with Gasteiger partial charge in [-0.3, -0.25) is 0 Å². The van der Waals surface area contributed by atoms with Gasteiger partial charge in [0.25, 0.3) is 0 Å². The van der Waals surface area contributed by atoms with Crippen molar-refractivity contribution in [1.29, 1.82) is 0 Å². The molecule has 0 fully saturated rings. The Hall–Kier alpha value is -1.50. The lowest BCUT2D eigenvalue weighted by molar-refractivity contribution is 0.0688. The summed E-state index contributed by atoms with van der Waals surface area (Å²) >= 11 is 2.12. The molecule has 0 aliphatic carbocycles. The van der Waals surface area contributed by atoms with E-state index in [1.807, 2.05) is 49.5 Å². The van der Waals surface area contributed by atoms with E-state index < -0.39 is 5.97 Å². The zero-order valence-corrected chi connectivity index (χ0v) is 12.2. The second-order valence-corrected chi connectivity index (χ2v) is 5.35. The lowest BCUT2D eigenvalue weighted by Crippen LogP contribution is -2.14. The number of nitrogens with zero attached hydrogens (tertiary/aromatic N) is 2. The Balaban J connectivity index is 2.65. The molecular formula is C13H13IN2O2. The van der Waals surface area contributed by atoms with Gasteiger partial charge in [-0.25, -0.2) is 4.79 Å².